The highest BCUT2D eigenvalue weighted by Crippen LogP contribution is 1.99. The lowest BCUT2D eigenvalue weighted by Gasteiger charge is -2.19. The van der Waals surface area contributed by atoms with Crippen molar-refractivity contribution in [1.82, 2.24) is 5.32 Å². The van der Waals surface area contributed by atoms with Gasteiger partial charge in [0.2, 0.25) is 0 Å². The molecule has 0 bridgehead atoms. The number of esters is 1. The number of ether oxygens (including phenoxy) is 2. The normalized spacial score (nSPS) is 15.3. The highest BCUT2D eigenvalue weighted by molar-refractivity contribution is 5.76. The standard InChI is InChI=1S/C8H17NO3/c1-5-12-8(10)7(9-3)6(2)11-4/h6-7,9H,5H2,1-4H3/t6-,7+/m1/s1. The van der Waals surface area contributed by atoms with E-state index in [2.05, 4.69) is 5.32 Å². The Balaban J connectivity index is 4.04. The maximum absolute atomic E-state index is 11.2. The first-order valence-electron chi connectivity index (χ1n) is 4.04. The minimum atomic E-state index is -0.380. The molecule has 0 aromatic heterocycles. The molecule has 0 aromatic carbocycles. The zero-order valence-electron chi connectivity index (χ0n) is 8.09. The highest BCUT2D eigenvalue weighted by atomic mass is 16.5. The van der Waals surface area contributed by atoms with E-state index in [1.807, 2.05) is 6.92 Å². The van der Waals surface area contributed by atoms with Crippen LogP contribution in [0.15, 0.2) is 0 Å². The molecular formula is C8H17NO3. The summed E-state index contributed by atoms with van der Waals surface area (Å²) < 4.78 is 9.84. The van der Waals surface area contributed by atoms with E-state index in [4.69, 9.17) is 9.47 Å². The summed E-state index contributed by atoms with van der Waals surface area (Å²) >= 11 is 0. The van der Waals surface area contributed by atoms with E-state index in [1.54, 1.807) is 21.1 Å². The lowest BCUT2D eigenvalue weighted by atomic mass is 10.2. The third kappa shape index (κ3) is 3.19. The van der Waals surface area contributed by atoms with Gasteiger partial charge in [-0.25, -0.2) is 0 Å². The van der Waals surface area contributed by atoms with Gasteiger partial charge < -0.3 is 14.8 Å². The van der Waals surface area contributed by atoms with Gasteiger partial charge in [0, 0.05) is 7.11 Å². The molecule has 0 unspecified atom stereocenters. The molecule has 4 nitrogen and oxygen atoms in total. The number of carbonyl (C=O) groups excluding carboxylic acids is 1. The summed E-state index contributed by atoms with van der Waals surface area (Å²) in [5.74, 6) is -0.269. The van der Waals surface area contributed by atoms with Crippen molar-refractivity contribution >= 4 is 5.97 Å². The molecule has 0 aliphatic rings. The van der Waals surface area contributed by atoms with Crippen molar-refractivity contribution in [2.45, 2.75) is 26.0 Å². The summed E-state index contributed by atoms with van der Waals surface area (Å²) in [6.07, 6.45) is -0.172. The average molecular weight is 175 g/mol. The van der Waals surface area contributed by atoms with E-state index in [1.165, 1.54) is 0 Å². The van der Waals surface area contributed by atoms with E-state index in [9.17, 15) is 4.79 Å². The van der Waals surface area contributed by atoms with Crippen LogP contribution >= 0.6 is 0 Å². The van der Waals surface area contributed by atoms with Crippen LogP contribution in [-0.4, -0.2) is 38.9 Å². The Morgan fingerprint density at radius 3 is 2.50 bits per heavy atom. The molecule has 2 atom stereocenters. The fourth-order valence-corrected chi connectivity index (χ4v) is 0.912. The number of hydrogen-bond acceptors (Lipinski definition) is 4. The summed E-state index contributed by atoms with van der Waals surface area (Å²) in [7, 11) is 3.27. The molecule has 0 aromatic rings. The van der Waals surface area contributed by atoms with Crippen molar-refractivity contribution in [3.8, 4) is 0 Å². The molecule has 0 fully saturated rings. The van der Waals surface area contributed by atoms with Gasteiger partial charge in [-0.2, -0.15) is 0 Å². The number of rotatable bonds is 5. The highest BCUT2D eigenvalue weighted by Gasteiger charge is 2.23. The van der Waals surface area contributed by atoms with Crippen molar-refractivity contribution in [2.75, 3.05) is 20.8 Å². The lowest BCUT2D eigenvalue weighted by Crippen LogP contribution is -2.44. The van der Waals surface area contributed by atoms with E-state index in [0.717, 1.165) is 0 Å². The summed E-state index contributed by atoms with van der Waals surface area (Å²) in [5, 5.41) is 2.84. The van der Waals surface area contributed by atoms with Crippen LogP contribution in [-0.2, 0) is 14.3 Å². The van der Waals surface area contributed by atoms with Gasteiger partial charge in [0.1, 0.15) is 6.04 Å². The van der Waals surface area contributed by atoms with Gasteiger partial charge in [0.25, 0.3) is 0 Å². The fourth-order valence-electron chi connectivity index (χ4n) is 0.912. The summed E-state index contributed by atoms with van der Waals surface area (Å²) in [6, 6.07) is -0.380. The average Bonchev–Trinajstić information content (AvgIpc) is 2.06. The third-order valence-corrected chi connectivity index (χ3v) is 1.69. The zero-order chi connectivity index (χ0) is 9.56. The second-order valence-electron chi connectivity index (χ2n) is 2.46. The monoisotopic (exact) mass is 175 g/mol. The van der Waals surface area contributed by atoms with Gasteiger partial charge in [-0.3, -0.25) is 4.79 Å². The smallest absolute Gasteiger partial charge is 0.325 e. The van der Waals surface area contributed by atoms with Gasteiger partial charge in [0.15, 0.2) is 0 Å². The summed E-state index contributed by atoms with van der Waals surface area (Å²) in [5.41, 5.74) is 0. The molecule has 0 spiro atoms. The molecule has 0 rings (SSSR count). The van der Waals surface area contributed by atoms with Crippen LogP contribution in [0.25, 0.3) is 0 Å². The van der Waals surface area contributed by atoms with Crippen molar-refractivity contribution in [3.63, 3.8) is 0 Å². The summed E-state index contributed by atoms with van der Waals surface area (Å²) in [4.78, 5) is 11.2. The van der Waals surface area contributed by atoms with Crippen LogP contribution in [0.2, 0.25) is 0 Å². The molecular weight excluding hydrogens is 158 g/mol. The molecule has 0 aliphatic heterocycles. The molecule has 0 aliphatic carbocycles. The van der Waals surface area contributed by atoms with Crippen LogP contribution in [0.3, 0.4) is 0 Å². The first kappa shape index (κ1) is 11.4. The maximum Gasteiger partial charge on any atom is 0.325 e. The number of methoxy groups -OCH3 is 1. The van der Waals surface area contributed by atoms with Crippen molar-refractivity contribution in [3.05, 3.63) is 0 Å². The topological polar surface area (TPSA) is 47.6 Å². The van der Waals surface area contributed by atoms with Crippen molar-refractivity contribution < 1.29 is 14.3 Å². The Labute approximate surface area is 73.2 Å². The molecule has 4 heteroatoms. The van der Waals surface area contributed by atoms with Gasteiger partial charge in [-0.05, 0) is 20.9 Å². The Bertz CT molecular complexity index is 138. The number of likely N-dealkylation sites (N-methyl/N-ethyl adjacent to an activating group) is 1. The Kier molecular flexibility index (Phi) is 5.66. The van der Waals surface area contributed by atoms with Crippen LogP contribution in [0.5, 0.6) is 0 Å². The molecule has 12 heavy (non-hydrogen) atoms. The second-order valence-corrected chi connectivity index (χ2v) is 2.46. The van der Waals surface area contributed by atoms with Crippen molar-refractivity contribution in [2.24, 2.45) is 0 Å². The molecule has 0 heterocycles. The predicted octanol–water partition coefficient (Wildman–Crippen LogP) is 0.172. The molecule has 72 valence electrons. The molecule has 1 N–H and O–H groups in total. The van der Waals surface area contributed by atoms with E-state index >= 15 is 0 Å². The minimum absolute atomic E-state index is 0.172. The minimum Gasteiger partial charge on any atom is -0.465 e. The Hall–Kier alpha value is -0.610. The van der Waals surface area contributed by atoms with Gasteiger partial charge in [0.05, 0.1) is 12.7 Å². The van der Waals surface area contributed by atoms with Crippen LogP contribution < -0.4 is 5.32 Å². The van der Waals surface area contributed by atoms with E-state index in [-0.39, 0.29) is 18.1 Å². The molecule has 0 saturated carbocycles. The predicted molar refractivity (Wildman–Crippen MR) is 46.0 cm³/mol. The zero-order valence-corrected chi connectivity index (χ0v) is 8.09. The first-order valence-corrected chi connectivity index (χ1v) is 4.04. The lowest BCUT2D eigenvalue weighted by molar-refractivity contribution is -0.148. The third-order valence-electron chi connectivity index (χ3n) is 1.69. The first-order chi connectivity index (χ1) is 5.67. The maximum atomic E-state index is 11.2. The van der Waals surface area contributed by atoms with Crippen LogP contribution in [0.4, 0.5) is 0 Å². The van der Waals surface area contributed by atoms with E-state index in [0.29, 0.717) is 6.61 Å². The van der Waals surface area contributed by atoms with Gasteiger partial charge >= 0.3 is 5.97 Å². The molecule has 0 radical (unpaired) electrons. The summed E-state index contributed by atoms with van der Waals surface area (Å²) in [6.45, 7) is 3.99. The Morgan fingerprint density at radius 1 is 1.58 bits per heavy atom. The number of hydrogen-bond donors (Lipinski definition) is 1. The quantitative estimate of drug-likeness (QED) is 0.605. The largest absolute Gasteiger partial charge is 0.465 e. The van der Waals surface area contributed by atoms with Crippen molar-refractivity contribution in [1.29, 1.82) is 0 Å². The van der Waals surface area contributed by atoms with E-state index < -0.39 is 0 Å². The second kappa shape index (κ2) is 5.97. The SMILES string of the molecule is CCOC(=O)[C@@H](NC)[C@@H](C)OC. The van der Waals surface area contributed by atoms with Crippen LogP contribution in [0.1, 0.15) is 13.8 Å². The molecule has 0 saturated heterocycles. The Morgan fingerprint density at radius 2 is 2.17 bits per heavy atom. The number of carbonyl (C=O) groups is 1. The number of nitrogens with one attached hydrogen (secondary N) is 1. The fraction of sp³-hybridized carbons (Fsp3) is 0.875. The molecule has 0 amide bonds. The van der Waals surface area contributed by atoms with Gasteiger partial charge in [-0.1, -0.05) is 0 Å². The van der Waals surface area contributed by atoms with Gasteiger partial charge in [-0.15, -0.1) is 0 Å². The van der Waals surface area contributed by atoms with Crippen LogP contribution in [0, 0.1) is 0 Å².